The summed E-state index contributed by atoms with van der Waals surface area (Å²) in [5.41, 5.74) is 9.58. The van der Waals surface area contributed by atoms with Gasteiger partial charge >= 0.3 is 0 Å². The summed E-state index contributed by atoms with van der Waals surface area (Å²) < 4.78 is 0. The largest absolute Gasteiger partial charge is 0.399 e. The molecule has 0 aliphatic carbocycles. The lowest BCUT2D eigenvalue weighted by molar-refractivity contribution is 0.869. The van der Waals surface area contributed by atoms with Gasteiger partial charge in [0, 0.05) is 5.69 Å². The van der Waals surface area contributed by atoms with Crippen LogP contribution in [0.3, 0.4) is 0 Å². The summed E-state index contributed by atoms with van der Waals surface area (Å²) in [5, 5.41) is 3.36. The molecule has 4 heteroatoms. The lowest BCUT2D eigenvalue weighted by Gasteiger charge is -2.12. The molecule has 0 amide bonds. The molecule has 0 saturated carbocycles. The SMILES string of the molecule is CC(Nc1nc2ccc(N)cc2[nH]1)c1ccccc1. The Labute approximate surface area is 111 Å². The van der Waals surface area contributed by atoms with Crippen LogP contribution in [0.1, 0.15) is 18.5 Å². The minimum atomic E-state index is 0.194. The highest BCUT2D eigenvalue weighted by Crippen LogP contribution is 2.21. The fraction of sp³-hybridized carbons (Fsp3) is 0.133. The number of rotatable bonds is 3. The zero-order chi connectivity index (χ0) is 13.2. The standard InChI is InChI=1S/C15H16N4/c1-10(11-5-3-2-4-6-11)17-15-18-13-8-7-12(16)9-14(13)19-15/h2-10H,16H2,1H3,(H2,17,18,19). The van der Waals surface area contributed by atoms with Gasteiger partial charge in [-0.05, 0) is 30.7 Å². The van der Waals surface area contributed by atoms with Crippen molar-refractivity contribution >= 4 is 22.7 Å². The normalized spacial score (nSPS) is 12.5. The first-order valence-electron chi connectivity index (χ1n) is 6.29. The molecule has 0 aliphatic rings. The fourth-order valence-corrected chi connectivity index (χ4v) is 2.13. The van der Waals surface area contributed by atoms with Crippen LogP contribution in [-0.2, 0) is 0 Å². The number of fused-ring (bicyclic) bond motifs is 1. The monoisotopic (exact) mass is 252 g/mol. The van der Waals surface area contributed by atoms with E-state index in [1.165, 1.54) is 5.56 Å². The zero-order valence-corrected chi connectivity index (χ0v) is 10.7. The third kappa shape index (κ3) is 2.38. The lowest BCUT2D eigenvalue weighted by atomic mass is 10.1. The molecule has 4 nitrogen and oxygen atoms in total. The van der Waals surface area contributed by atoms with E-state index in [9.17, 15) is 0 Å². The predicted molar refractivity (Wildman–Crippen MR) is 79.0 cm³/mol. The second kappa shape index (κ2) is 4.65. The van der Waals surface area contributed by atoms with Crippen molar-refractivity contribution in [1.29, 1.82) is 0 Å². The summed E-state index contributed by atoms with van der Waals surface area (Å²) in [7, 11) is 0. The molecule has 0 aliphatic heterocycles. The number of nitrogen functional groups attached to an aromatic ring is 1. The van der Waals surface area contributed by atoms with Gasteiger partial charge in [-0.1, -0.05) is 30.3 Å². The first kappa shape index (κ1) is 11.6. The third-order valence-corrected chi connectivity index (χ3v) is 3.16. The van der Waals surface area contributed by atoms with Gasteiger partial charge in [-0.25, -0.2) is 4.98 Å². The van der Waals surface area contributed by atoms with Crippen molar-refractivity contribution in [3.05, 3.63) is 54.1 Å². The molecule has 19 heavy (non-hydrogen) atoms. The Morgan fingerprint density at radius 1 is 1.16 bits per heavy atom. The molecule has 0 spiro atoms. The van der Waals surface area contributed by atoms with Gasteiger partial charge < -0.3 is 16.0 Å². The van der Waals surface area contributed by atoms with Crippen molar-refractivity contribution in [2.75, 3.05) is 11.1 Å². The number of imidazole rings is 1. The maximum atomic E-state index is 5.76. The molecule has 1 atom stereocenters. The molecule has 3 rings (SSSR count). The van der Waals surface area contributed by atoms with Gasteiger partial charge in [0.1, 0.15) is 0 Å². The molecule has 4 N–H and O–H groups in total. The Hall–Kier alpha value is -2.49. The molecular weight excluding hydrogens is 236 g/mol. The summed E-state index contributed by atoms with van der Waals surface area (Å²) in [6.07, 6.45) is 0. The molecule has 96 valence electrons. The quantitative estimate of drug-likeness (QED) is 0.626. The Morgan fingerprint density at radius 3 is 2.74 bits per heavy atom. The number of aromatic amines is 1. The summed E-state index contributed by atoms with van der Waals surface area (Å²) in [6.45, 7) is 2.11. The molecular formula is C15H16N4. The number of hydrogen-bond acceptors (Lipinski definition) is 3. The van der Waals surface area contributed by atoms with Crippen LogP contribution < -0.4 is 11.1 Å². The Kier molecular flexibility index (Phi) is 2.83. The number of nitrogens with one attached hydrogen (secondary N) is 2. The third-order valence-electron chi connectivity index (χ3n) is 3.16. The maximum absolute atomic E-state index is 5.76. The molecule has 0 fully saturated rings. The van der Waals surface area contributed by atoms with E-state index in [2.05, 4.69) is 34.3 Å². The number of anilines is 2. The van der Waals surface area contributed by atoms with Crippen LogP contribution >= 0.6 is 0 Å². The molecule has 1 unspecified atom stereocenters. The Balaban J connectivity index is 1.85. The van der Waals surface area contributed by atoms with Gasteiger partial charge in [-0.2, -0.15) is 0 Å². The van der Waals surface area contributed by atoms with Gasteiger partial charge in [0.2, 0.25) is 5.95 Å². The van der Waals surface area contributed by atoms with Crippen molar-refractivity contribution in [1.82, 2.24) is 9.97 Å². The van der Waals surface area contributed by atoms with Gasteiger partial charge in [0.15, 0.2) is 0 Å². The van der Waals surface area contributed by atoms with E-state index in [1.54, 1.807) is 0 Å². The first-order valence-corrected chi connectivity index (χ1v) is 6.29. The number of hydrogen-bond donors (Lipinski definition) is 3. The van der Waals surface area contributed by atoms with Crippen LogP contribution in [0.15, 0.2) is 48.5 Å². The average Bonchev–Trinajstić information content (AvgIpc) is 2.81. The summed E-state index contributed by atoms with van der Waals surface area (Å²) >= 11 is 0. The van der Waals surface area contributed by atoms with Crippen molar-refractivity contribution in [3.8, 4) is 0 Å². The van der Waals surface area contributed by atoms with E-state index in [4.69, 9.17) is 5.73 Å². The first-order chi connectivity index (χ1) is 9.22. The lowest BCUT2D eigenvalue weighted by Crippen LogP contribution is -2.07. The topological polar surface area (TPSA) is 66.7 Å². The summed E-state index contributed by atoms with van der Waals surface area (Å²) in [6, 6.07) is 16.1. The van der Waals surface area contributed by atoms with Crippen molar-refractivity contribution in [3.63, 3.8) is 0 Å². The minimum absolute atomic E-state index is 0.194. The molecule has 1 heterocycles. The van der Waals surface area contributed by atoms with E-state index in [0.29, 0.717) is 0 Å². The zero-order valence-electron chi connectivity index (χ0n) is 10.7. The van der Waals surface area contributed by atoms with Gasteiger partial charge in [0.05, 0.1) is 17.1 Å². The van der Waals surface area contributed by atoms with Crippen molar-refractivity contribution in [2.24, 2.45) is 0 Å². The minimum Gasteiger partial charge on any atom is -0.399 e. The molecule has 1 aromatic heterocycles. The van der Waals surface area contributed by atoms with Crippen molar-refractivity contribution in [2.45, 2.75) is 13.0 Å². The van der Waals surface area contributed by atoms with Crippen LogP contribution in [0.2, 0.25) is 0 Å². The van der Waals surface area contributed by atoms with Gasteiger partial charge in [0.25, 0.3) is 0 Å². The van der Waals surface area contributed by atoms with E-state index >= 15 is 0 Å². The van der Waals surface area contributed by atoms with Crippen LogP contribution in [0.4, 0.5) is 11.6 Å². The maximum Gasteiger partial charge on any atom is 0.201 e. The summed E-state index contributed by atoms with van der Waals surface area (Å²) in [5.74, 6) is 0.761. The van der Waals surface area contributed by atoms with E-state index in [0.717, 1.165) is 22.7 Å². The second-order valence-electron chi connectivity index (χ2n) is 4.64. The van der Waals surface area contributed by atoms with E-state index in [1.807, 2.05) is 36.4 Å². The van der Waals surface area contributed by atoms with Crippen molar-refractivity contribution < 1.29 is 0 Å². The van der Waals surface area contributed by atoms with Crippen LogP contribution in [0, 0.1) is 0 Å². The van der Waals surface area contributed by atoms with Gasteiger partial charge in [-0.3, -0.25) is 0 Å². The molecule has 0 bridgehead atoms. The van der Waals surface area contributed by atoms with Gasteiger partial charge in [-0.15, -0.1) is 0 Å². The number of benzene rings is 2. The highest BCUT2D eigenvalue weighted by atomic mass is 15.1. The smallest absolute Gasteiger partial charge is 0.201 e. The Bertz CT molecular complexity index is 688. The highest BCUT2D eigenvalue weighted by Gasteiger charge is 2.08. The predicted octanol–water partition coefficient (Wildman–Crippen LogP) is 3.32. The summed E-state index contributed by atoms with van der Waals surface area (Å²) in [4.78, 5) is 7.73. The molecule has 3 aromatic rings. The highest BCUT2D eigenvalue weighted by molar-refractivity contribution is 5.80. The number of nitrogens with two attached hydrogens (primary N) is 1. The Morgan fingerprint density at radius 2 is 1.95 bits per heavy atom. The number of nitrogens with zero attached hydrogens (tertiary/aromatic N) is 1. The van der Waals surface area contributed by atoms with E-state index < -0.39 is 0 Å². The molecule has 0 saturated heterocycles. The number of H-pyrrole nitrogens is 1. The fourth-order valence-electron chi connectivity index (χ4n) is 2.13. The van der Waals surface area contributed by atoms with Crippen LogP contribution in [0.25, 0.3) is 11.0 Å². The molecule has 0 radical (unpaired) electrons. The average molecular weight is 252 g/mol. The molecule has 2 aromatic carbocycles. The second-order valence-corrected chi connectivity index (χ2v) is 4.64. The number of aromatic nitrogens is 2. The van der Waals surface area contributed by atoms with E-state index in [-0.39, 0.29) is 6.04 Å². The van der Waals surface area contributed by atoms with Crippen LogP contribution in [-0.4, -0.2) is 9.97 Å². The van der Waals surface area contributed by atoms with Crippen LogP contribution in [0.5, 0.6) is 0 Å².